The predicted octanol–water partition coefficient (Wildman–Crippen LogP) is 3.21. The molecule has 0 aliphatic carbocycles. The van der Waals surface area contributed by atoms with Crippen LogP contribution in [-0.2, 0) is 13.1 Å². The number of methoxy groups -OCH3 is 1. The third-order valence-corrected chi connectivity index (χ3v) is 3.59. The van der Waals surface area contributed by atoms with Gasteiger partial charge in [0.2, 0.25) is 0 Å². The van der Waals surface area contributed by atoms with Crippen molar-refractivity contribution >= 4 is 17.6 Å². The van der Waals surface area contributed by atoms with Crippen LogP contribution in [0.15, 0.2) is 53.5 Å². The highest BCUT2D eigenvalue weighted by Crippen LogP contribution is 2.14. The molecule has 116 valence electrons. The van der Waals surface area contributed by atoms with Gasteiger partial charge in [-0.05, 0) is 29.3 Å². The maximum Gasteiger partial charge on any atom is 0.191 e. The van der Waals surface area contributed by atoms with Crippen molar-refractivity contribution in [2.24, 2.45) is 4.99 Å². The molecule has 0 heterocycles. The summed E-state index contributed by atoms with van der Waals surface area (Å²) in [7, 11) is 3.41. The summed E-state index contributed by atoms with van der Waals surface area (Å²) >= 11 is 6.14. The molecule has 0 fully saturated rings. The Balaban J connectivity index is 1.89. The van der Waals surface area contributed by atoms with Crippen molar-refractivity contribution in [3.8, 4) is 5.75 Å². The molecule has 0 aliphatic rings. The first kappa shape index (κ1) is 16.2. The third-order valence-electron chi connectivity index (χ3n) is 3.22. The third kappa shape index (κ3) is 4.67. The molecule has 0 saturated heterocycles. The van der Waals surface area contributed by atoms with Crippen LogP contribution in [0.25, 0.3) is 0 Å². The normalized spacial score (nSPS) is 11.1. The number of nitrogens with one attached hydrogen (secondary N) is 2. The maximum absolute atomic E-state index is 6.14. The Bertz CT molecular complexity index is 643. The summed E-state index contributed by atoms with van der Waals surface area (Å²) in [6.07, 6.45) is 0. The smallest absolute Gasteiger partial charge is 0.191 e. The van der Waals surface area contributed by atoms with E-state index in [9.17, 15) is 0 Å². The van der Waals surface area contributed by atoms with E-state index in [4.69, 9.17) is 16.3 Å². The molecule has 22 heavy (non-hydrogen) atoms. The Morgan fingerprint density at radius 2 is 1.86 bits per heavy atom. The topological polar surface area (TPSA) is 45.7 Å². The van der Waals surface area contributed by atoms with Crippen LogP contribution in [0.3, 0.4) is 0 Å². The van der Waals surface area contributed by atoms with Crippen LogP contribution < -0.4 is 15.4 Å². The van der Waals surface area contributed by atoms with Crippen molar-refractivity contribution in [3.63, 3.8) is 0 Å². The summed E-state index contributed by atoms with van der Waals surface area (Å²) in [4.78, 5) is 4.21. The number of guanidine groups is 1. The molecule has 0 aliphatic heterocycles. The van der Waals surface area contributed by atoms with Gasteiger partial charge >= 0.3 is 0 Å². The van der Waals surface area contributed by atoms with Crippen molar-refractivity contribution < 1.29 is 4.74 Å². The second-order valence-electron chi connectivity index (χ2n) is 4.72. The van der Waals surface area contributed by atoms with Gasteiger partial charge in [-0.2, -0.15) is 0 Å². The van der Waals surface area contributed by atoms with E-state index in [0.717, 1.165) is 27.9 Å². The van der Waals surface area contributed by atoms with Gasteiger partial charge in [-0.15, -0.1) is 0 Å². The minimum Gasteiger partial charge on any atom is -0.497 e. The Kier molecular flexibility index (Phi) is 6.10. The van der Waals surface area contributed by atoms with Gasteiger partial charge in [0.15, 0.2) is 5.96 Å². The summed E-state index contributed by atoms with van der Waals surface area (Å²) in [5.74, 6) is 1.57. The molecular formula is C17H20ClN3O. The monoisotopic (exact) mass is 317 g/mol. The van der Waals surface area contributed by atoms with Gasteiger partial charge < -0.3 is 15.4 Å². The van der Waals surface area contributed by atoms with Gasteiger partial charge in [0.05, 0.1) is 7.11 Å². The second kappa shape index (κ2) is 8.29. The Morgan fingerprint density at radius 1 is 1.09 bits per heavy atom. The summed E-state index contributed by atoms with van der Waals surface area (Å²) in [5.41, 5.74) is 2.16. The molecule has 0 saturated carbocycles. The largest absolute Gasteiger partial charge is 0.497 e. The van der Waals surface area contributed by atoms with Gasteiger partial charge in [0, 0.05) is 25.2 Å². The molecule has 0 atom stereocenters. The molecule has 0 radical (unpaired) electrons. The van der Waals surface area contributed by atoms with Crippen LogP contribution in [0.2, 0.25) is 5.02 Å². The van der Waals surface area contributed by atoms with Crippen molar-refractivity contribution in [2.75, 3.05) is 14.2 Å². The van der Waals surface area contributed by atoms with Crippen LogP contribution in [0.4, 0.5) is 0 Å². The summed E-state index contributed by atoms with van der Waals surface area (Å²) in [6, 6.07) is 15.7. The minimum atomic E-state index is 0.622. The molecule has 2 aromatic rings. The standard InChI is InChI=1S/C17H20ClN3O/c1-19-17(21-12-14-7-3-4-9-16(14)18)20-11-13-6-5-8-15(10-13)22-2/h3-10H,11-12H2,1-2H3,(H2,19,20,21). The fourth-order valence-corrected chi connectivity index (χ4v) is 2.21. The number of hydrogen-bond donors (Lipinski definition) is 2. The van der Waals surface area contributed by atoms with Gasteiger partial charge in [0.1, 0.15) is 5.75 Å². The van der Waals surface area contributed by atoms with Crippen LogP contribution in [0.5, 0.6) is 5.75 Å². The van der Waals surface area contributed by atoms with E-state index < -0.39 is 0 Å². The molecule has 0 bridgehead atoms. The lowest BCUT2D eigenvalue weighted by Gasteiger charge is -2.13. The number of nitrogens with zero attached hydrogens (tertiary/aromatic N) is 1. The van der Waals surface area contributed by atoms with E-state index >= 15 is 0 Å². The quantitative estimate of drug-likeness (QED) is 0.657. The zero-order valence-corrected chi connectivity index (χ0v) is 13.5. The molecule has 0 unspecified atom stereocenters. The molecule has 0 aromatic heterocycles. The zero-order valence-electron chi connectivity index (χ0n) is 12.8. The Hall–Kier alpha value is -2.20. The fraction of sp³-hybridized carbons (Fsp3) is 0.235. The van der Waals surface area contributed by atoms with Gasteiger partial charge in [-0.3, -0.25) is 4.99 Å². The molecule has 2 N–H and O–H groups in total. The van der Waals surface area contributed by atoms with Crippen molar-refractivity contribution in [3.05, 3.63) is 64.7 Å². The molecule has 4 nitrogen and oxygen atoms in total. The first-order valence-corrected chi connectivity index (χ1v) is 7.41. The highest BCUT2D eigenvalue weighted by atomic mass is 35.5. The molecule has 0 spiro atoms. The highest BCUT2D eigenvalue weighted by Gasteiger charge is 2.02. The Morgan fingerprint density at radius 3 is 2.59 bits per heavy atom. The lowest BCUT2D eigenvalue weighted by atomic mass is 10.2. The SMILES string of the molecule is CN=C(NCc1cccc(OC)c1)NCc1ccccc1Cl. The minimum absolute atomic E-state index is 0.622. The van der Waals surface area contributed by atoms with E-state index in [0.29, 0.717) is 13.1 Å². The Labute approximate surface area is 136 Å². The van der Waals surface area contributed by atoms with E-state index in [1.54, 1.807) is 14.2 Å². The fourth-order valence-electron chi connectivity index (χ4n) is 2.01. The summed E-state index contributed by atoms with van der Waals surface area (Å²) in [5, 5.41) is 7.26. The number of halogens is 1. The van der Waals surface area contributed by atoms with Crippen LogP contribution in [0.1, 0.15) is 11.1 Å². The van der Waals surface area contributed by atoms with Crippen LogP contribution in [-0.4, -0.2) is 20.1 Å². The summed E-state index contributed by atoms with van der Waals surface area (Å²) < 4.78 is 5.22. The predicted molar refractivity (Wildman–Crippen MR) is 91.5 cm³/mol. The van der Waals surface area contributed by atoms with Crippen molar-refractivity contribution in [1.29, 1.82) is 0 Å². The molecule has 5 heteroatoms. The first-order valence-electron chi connectivity index (χ1n) is 7.04. The van der Waals surface area contributed by atoms with Gasteiger partial charge in [0.25, 0.3) is 0 Å². The average Bonchev–Trinajstić information content (AvgIpc) is 2.56. The number of aliphatic imine (C=N–C) groups is 1. The number of benzene rings is 2. The molecule has 2 aromatic carbocycles. The molecular weight excluding hydrogens is 298 g/mol. The van der Waals surface area contributed by atoms with E-state index in [1.807, 2.05) is 48.5 Å². The van der Waals surface area contributed by atoms with Crippen LogP contribution >= 0.6 is 11.6 Å². The van der Waals surface area contributed by atoms with Gasteiger partial charge in [-0.1, -0.05) is 41.9 Å². The van der Waals surface area contributed by atoms with Crippen LogP contribution in [0, 0.1) is 0 Å². The lowest BCUT2D eigenvalue weighted by Crippen LogP contribution is -2.36. The maximum atomic E-state index is 6.14. The number of hydrogen-bond acceptors (Lipinski definition) is 2. The first-order chi connectivity index (χ1) is 10.7. The van der Waals surface area contributed by atoms with Gasteiger partial charge in [-0.25, -0.2) is 0 Å². The average molecular weight is 318 g/mol. The van der Waals surface area contributed by atoms with E-state index in [1.165, 1.54) is 0 Å². The van der Waals surface area contributed by atoms with Crippen molar-refractivity contribution in [1.82, 2.24) is 10.6 Å². The molecule has 2 rings (SSSR count). The summed E-state index contributed by atoms with van der Waals surface area (Å²) in [6.45, 7) is 1.29. The van der Waals surface area contributed by atoms with E-state index in [2.05, 4.69) is 15.6 Å². The molecule has 0 amide bonds. The zero-order chi connectivity index (χ0) is 15.8. The van der Waals surface area contributed by atoms with E-state index in [-0.39, 0.29) is 0 Å². The number of ether oxygens (including phenoxy) is 1. The lowest BCUT2D eigenvalue weighted by molar-refractivity contribution is 0.414. The van der Waals surface area contributed by atoms with Crippen molar-refractivity contribution in [2.45, 2.75) is 13.1 Å². The number of rotatable bonds is 5. The second-order valence-corrected chi connectivity index (χ2v) is 5.13. The highest BCUT2D eigenvalue weighted by molar-refractivity contribution is 6.31.